The molecule has 0 bridgehead atoms. The van der Waals surface area contributed by atoms with Crippen LogP contribution in [-0.4, -0.2) is 26.0 Å². The van der Waals surface area contributed by atoms with Crippen molar-refractivity contribution in [1.29, 1.82) is 5.41 Å². The molecular weight excluding hydrogens is 226 g/mol. The van der Waals surface area contributed by atoms with Crippen molar-refractivity contribution in [3.63, 3.8) is 0 Å². The van der Waals surface area contributed by atoms with Crippen LogP contribution in [0.15, 0.2) is 0 Å². The van der Waals surface area contributed by atoms with Gasteiger partial charge < -0.3 is 5.73 Å². The lowest BCUT2D eigenvalue weighted by molar-refractivity contribution is 0.477. The van der Waals surface area contributed by atoms with Crippen molar-refractivity contribution in [2.75, 3.05) is 6.54 Å². The lowest BCUT2D eigenvalue weighted by Gasteiger charge is -2.21. The van der Waals surface area contributed by atoms with Gasteiger partial charge in [0.25, 0.3) is 0 Å². The van der Waals surface area contributed by atoms with Crippen LogP contribution in [0.2, 0.25) is 0 Å². The van der Waals surface area contributed by atoms with E-state index in [4.69, 9.17) is 11.1 Å². The lowest BCUT2D eigenvalue weighted by Crippen LogP contribution is -2.36. The molecule has 1 saturated carbocycles. The molecule has 94 valence electrons. The summed E-state index contributed by atoms with van der Waals surface area (Å²) in [5.74, 6) is 0.108. The van der Waals surface area contributed by atoms with Gasteiger partial charge in [0.15, 0.2) is 0 Å². The third-order valence-electron chi connectivity index (χ3n) is 2.92. The topological polar surface area (TPSA) is 96.0 Å². The maximum Gasteiger partial charge on any atom is 0.214 e. The zero-order chi connectivity index (χ0) is 12.0. The molecule has 0 spiro atoms. The Labute approximate surface area is 97.4 Å². The van der Waals surface area contributed by atoms with Gasteiger partial charge in [0, 0.05) is 13.0 Å². The molecule has 1 fully saturated rings. The van der Waals surface area contributed by atoms with Crippen LogP contribution in [0.3, 0.4) is 0 Å². The summed E-state index contributed by atoms with van der Waals surface area (Å²) >= 11 is 0. The third kappa shape index (κ3) is 4.49. The van der Waals surface area contributed by atoms with E-state index < -0.39 is 10.0 Å². The summed E-state index contributed by atoms with van der Waals surface area (Å²) in [7, 11) is -3.14. The van der Waals surface area contributed by atoms with Crippen LogP contribution in [0, 0.1) is 5.41 Å². The fraction of sp³-hybridized carbons (Fsp3) is 0.900. The van der Waals surface area contributed by atoms with Crippen molar-refractivity contribution in [3.8, 4) is 0 Å². The summed E-state index contributed by atoms with van der Waals surface area (Å²) in [5.41, 5.74) is 5.19. The maximum atomic E-state index is 11.8. The van der Waals surface area contributed by atoms with Crippen LogP contribution in [-0.2, 0) is 10.0 Å². The van der Waals surface area contributed by atoms with Gasteiger partial charge in [-0.1, -0.05) is 19.3 Å². The summed E-state index contributed by atoms with van der Waals surface area (Å²) in [6.07, 6.45) is 5.78. The zero-order valence-electron chi connectivity index (χ0n) is 9.54. The van der Waals surface area contributed by atoms with Crippen molar-refractivity contribution in [1.82, 2.24) is 4.72 Å². The molecule has 6 heteroatoms. The van der Waals surface area contributed by atoms with E-state index in [1.807, 2.05) is 0 Å². The average molecular weight is 247 g/mol. The molecule has 0 saturated heterocycles. The first-order valence-corrected chi connectivity index (χ1v) is 7.38. The smallest absolute Gasteiger partial charge is 0.214 e. The standard InChI is InChI=1S/C10H21N3O2S/c11-10(12)7-4-8-13-16(14,15)9-5-2-1-3-6-9/h9,13H,1-8H2,(H3,11,12). The number of nitrogens with one attached hydrogen (secondary N) is 2. The second-order valence-electron chi connectivity index (χ2n) is 4.33. The lowest BCUT2D eigenvalue weighted by atomic mass is 10.0. The SMILES string of the molecule is N=C(N)CCCNS(=O)(=O)C1CCCCC1. The molecule has 0 heterocycles. The van der Waals surface area contributed by atoms with E-state index in [0.29, 0.717) is 19.4 Å². The summed E-state index contributed by atoms with van der Waals surface area (Å²) < 4.78 is 26.3. The van der Waals surface area contributed by atoms with E-state index in [-0.39, 0.29) is 11.1 Å². The molecule has 0 amide bonds. The molecular formula is C10H21N3O2S. The zero-order valence-corrected chi connectivity index (χ0v) is 10.4. The molecule has 0 aromatic rings. The van der Waals surface area contributed by atoms with Crippen LogP contribution in [0.25, 0.3) is 0 Å². The first kappa shape index (κ1) is 13.4. The molecule has 16 heavy (non-hydrogen) atoms. The fourth-order valence-corrected chi connectivity index (χ4v) is 3.61. The molecule has 0 radical (unpaired) electrons. The molecule has 0 unspecified atom stereocenters. The van der Waals surface area contributed by atoms with E-state index in [1.54, 1.807) is 0 Å². The summed E-state index contributed by atoms with van der Waals surface area (Å²) in [6, 6.07) is 0. The number of hydrogen-bond acceptors (Lipinski definition) is 3. The number of nitrogens with two attached hydrogens (primary N) is 1. The Kier molecular flexibility index (Phi) is 5.21. The number of amidine groups is 1. The largest absolute Gasteiger partial charge is 0.388 e. The minimum absolute atomic E-state index is 0.108. The Balaban J connectivity index is 2.30. The first-order chi connectivity index (χ1) is 7.52. The second kappa shape index (κ2) is 6.20. The van der Waals surface area contributed by atoms with Crippen LogP contribution < -0.4 is 10.5 Å². The molecule has 1 aliphatic rings. The summed E-state index contributed by atoms with van der Waals surface area (Å²) in [6.45, 7) is 0.387. The van der Waals surface area contributed by atoms with Crippen molar-refractivity contribution in [2.45, 2.75) is 50.2 Å². The van der Waals surface area contributed by atoms with Crippen molar-refractivity contribution in [2.24, 2.45) is 5.73 Å². The Bertz CT molecular complexity index is 321. The second-order valence-corrected chi connectivity index (χ2v) is 6.37. The van der Waals surface area contributed by atoms with Crippen LogP contribution in [0.1, 0.15) is 44.9 Å². The molecule has 0 aromatic heterocycles. The van der Waals surface area contributed by atoms with Gasteiger partial charge in [-0.05, 0) is 19.3 Å². The van der Waals surface area contributed by atoms with Gasteiger partial charge in [-0.15, -0.1) is 0 Å². The Morgan fingerprint density at radius 3 is 2.50 bits per heavy atom. The average Bonchev–Trinajstić information content (AvgIpc) is 2.26. The van der Waals surface area contributed by atoms with E-state index in [9.17, 15) is 8.42 Å². The molecule has 4 N–H and O–H groups in total. The molecule has 0 aliphatic heterocycles. The number of sulfonamides is 1. The molecule has 5 nitrogen and oxygen atoms in total. The predicted octanol–water partition coefficient (Wildman–Crippen LogP) is 0.955. The van der Waals surface area contributed by atoms with Crippen molar-refractivity contribution < 1.29 is 8.42 Å². The third-order valence-corrected chi connectivity index (χ3v) is 4.87. The molecule has 0 aromatic carbocycles. The van der Waals surface area contributed by atoms with Crippen LogP contribution >= 0.6 is 0 Å². The van der Waals surface area contributed by atoms with Gasteiger partial charge >= 0.3 is 0 Å². The highest BCUT2D eigenvalue weighted by atomic mass is 32.2. The van der Waals surface area contributed by atoms with Gasteiger partial charge in [-0.2, -0.15) is 0 Å². The summed E-state index contributed by atoms with van der Waals surface area (Å²) in [4.78, 5) is 0. The molecule has 0 atom stereocenters. The van der Waals surface area contributed by atoms with E-state index in [1.165, 1.54) is 0 Å². The quantitative estimate of drug-likeness (QED) is 0.370. The van der Waals surface area contributed by atoms with E-state index in [0.717, 1.165) is 32.1 Å². The highest BCUT2D eigenvalue weighted by molar-refractivity contribution is 7.90. The van der Waals surface area contributed by atoms with Gasteiger partial charge in [0.1, 0.15) is 0 Å². The molecule has 1 aliphatic carbocycles. The first-order valence-electron chi connectivity index (χ1n) is 5.84. The van der Waals surface area contributed by atoms with E-state index >= 15 is 0 Å². The Hall–Kier alpha value is -0.620. The predicted molar refractivity (Wildman–Crippen MR) is 64.9 cm³/mol. The van der Waals surface area contributed by atoms with Crippen molar-refractivity contribution in [3.05, 3.63) is 0 Å². The molecule has 1 rings (SSSR count). The van der Waals surface area contributed by atoms with Crippen LogP contribution in [0.4, 0.5) is 0 Å². The monoisotopic (exact) mass is 247 g/mol. The maximum absolute atomic E-state index is 11.8. The minimum atomic E-state index is -3.14. The minimum Gasteiger partial charge on any atom is -0.388 e. The van der Waals surface area contributed by atoms with Gasteiger partial charge in [0.2, 0.25) is 10.0 Å². The fourth-order valence-electron chi connectivity index (χ4n) is 1.99. The van der Waals surface area contributed by atoms with Gasteiger partial charge in [0.05, 0.1) is 11.1 Å². The highest BCUT2D eigenvalue weighted by Gasteiger charge is 2.26. The normalized spacial score (nSPS) is 18.5. The van der Waals surface area contributed by atoms with E-state index in [2.05, 4.69) is 4.72 Å². The number of rotatable bonds is 6. The van der Waals surface area contributed by atoms with Gasteiger partial charge in [-0.3, -0.25) is 5.41 Å². The summed E-state index contributed by atoms with van der Waals surface area (Å²) in [5, 5.41) is 6.82. The highest BCUT2D eigenvalue weighted by Crippen LogP contribution is 2.22. The Morgan fingerprint density at radius 1 is 1.31 bits per heavy atom. The van der Waals surface area contributed by atoms with Gasteiger partial charge in [-0.25, -0.2) is 13.1 Å². The van der Waals surface area contributed by atoms with Crippen molar-refractivity contribution >= 4 is 15.9 Å². The number of hydrogen-bond donors (Lipinski definition) is 3. The van der Waals surface area contributed by atoms with Crippen LogP contribution in [0.5, 0.6) is 0 Å². The Morgan fingerprint density at radius 2 is 1.94 bits per heavy atom.